The van der Waals surface area contributed by atoms with E-state index in [-0.39, 0.29) is 22.3 Å². The van der Waals surface area contributed by atoms with Gasteiger partial charge in [0.15, 0.2) is 0 Å². The number of aryl methyl sites for hydroxylation is 1. The van der Waals surface area contributed by atoms with E-state index in [4.69, 9.17) is 22.2 Å². The highest BCUT2D eigenvalue weighted by Gasteiger charge is 2.46. The maximum Gasteiger partial charge on any atom is 0.119 e. The fourth-order valence-electron chi connectivity index (χ4n) is 20.6. The van der Waals surface area contributed by atoms with Crippen molar-refractivity contribution in [3.63, 3.8) is 0 Å². The molecule has 11 aromatic rings. The summed E-state index contributed by atoms with van der Waals surface area (Å²) in [6.45, 7) is 20.6. The Labute approximate surface area is 683 Å². The van der Waals surface area contributed by atoms with Gasteiger partial charge in [-0.1, -0.05) is 368 Å². The van der Waals surface area contributed by atoms with Gasteiger partial charge in [-0.05, 0) is 202 Å². The predicted octanol–water partition coefficient (Wildman–Crippen LogP) is 32.9. The Morgan fingerprint density at radius 3 is 0.759 bits per heavy atom. The van der Waals surface area contributed by atoms with Crippen molar-refractivity contribution < 1.29 is 4.74 Å². The summed E-state index contributed by atoms with van der Waals surface area (Å²) in [5, 5.41) is 0. The molecule has 588 valence electrons. The quantitative estimate of drug-likeness (QED) is 0.0356. The lowest BCUT2D eigenvalue weighted by atomic mass is 9.69. The minimum atomic E-state index is -0.164. The standard InChI is InChI=1S/C105H130N4OS2/c1-10-16-22-28-32-38-64-103(65-39-33-29-23-17-11-2)93-68-75(9)42-52-87(93)89-54-46-78(70-95(89)103)83-58-59-85(101-99(83)106-111-108-101)80-48-56-91-92-57-49-81(73-98(92)105(97(91)72-80,62-36-26-20-14-5)63-37-27-21-15-6)86-61-60-84(100-102(86)109-112-107-100)79-47-55-90-88-53-45-77(76-43-50-82(51-44-76)110-74(7)8)69-94(88)104(96(90)71-79,66-40-34-30-24-18-12-3)67-41-35-31-25-19-13-4/h42-61,68-74H,10-41,62-67H2,1-9H3. The molecule has 0 bridgehead atoms. The maximum atomic E-state index is 6.14. The third-order valence-electron chi connectivity index (χ3n) is 26.6. The molecule has 0 unspecified atom stereocenters. The molecule has 0 aliphatic heterocycles. The van der Waals surface area contributed by atoms with Crippen LogP contribution in [-0.4, -0.2) is 23.6 Å². The third kappa shape index (κ3) is 17.1. The van der Waals surface area contributed by atoms with Crippen molar-refractivity contribution in [2.45, 2.75) is 329 Å². The van der Waals surface area contributed by atoms with Crippen LogP contribution in [0.3, 0.4) is 0 Å². The molecule has 0 radical (unpaired) electrons. The van der Waals surface area contributed by atoms with E-state index >= 15 is 0 Å². The van der Waals surface area contributed by atoms with Gasteiger partial charge in [0, 0.05) is 38.5 Å². The number of aromatic nitrogens is 4. The van der Waals surface area contributed by atoms with E-state index in [9.17, 15) is 0 Å². The van der Waals surface area contributed by atoms with Crippen LogP contribution in [0.25, 0.3) is 111 Å². The molecule has 0 saturated carbocycles. The molecule has 2 aromatic heterocycles. The van der Waals surface area contributed by atoms with E-state index in [0.29, 0.717) is 0 Å². The Balaban J connectivity index is 0.820. The lowest BCUT2D eigenvalue weighted by Crippen LogP contribution is -2.25. The van der Waals surface area contributed by atoms with Gasteiger partial charge < -0.3 is 4.74 Å². The fraction of sp³-hybridized carbons (Fsp3) is 0.486. The Morgan fingerprint density at radius 2 is 0.473 bits per heavy atom. The van der Waals surface area contributed by atoms with Crippen molar-refractivity contribution in [2.24, 2.45) is 0 Å². The molecule has 112 heavy (non-hydrogen) atoms. The van der Waals surface area contributed by atoms with Gasteiger partial charge in [0.1, 0.15) is 27.8 Å². The van der Waals surface area contributed by atoms with Crippen LogP contribution in [0.4, 0.5) is 0 Å². The highest BCUT2D eigenvalue weighted by atomic mass is 32.1. The summed E-state index contributed by atoms with van der Waals surface area (Å²) in [7, 11) is 0. The Kier molecular flexibility index (Phi) is 27.7. The highest BCUT2D eigenvalue weighted by molar-refractivity contribution is 7.00. The van der Waals surface area contributed by atoms with E-state index in [1.165, 1.54) is 359 Å². The molecule has 0 fully saturated rings. The number of unbranched alkanes of at least 4 members (excludes halogenated alkanes) is 26. The fourth-order valence-corrected chi connectivity index (χ4v) is 21.8. The lowest BCUT2D eigenvalue weighted by molar-refractivity contribution is 0.242. The van der Waals surface area contributed by atoms with Crippen molar-refractivity contribution in [1.29, 1.82) is 0 Å². The number of ether oxygens (including phenoxy) is 1. The van der Waals surface area contributed by atoms with Crippen LogP contribution in [0.2, 0.25) is 0 Å². The first kappa shape index (κ1) is 81.0. The monoisotopic (exact) mass is 1530 g/mol. The maximum absolute atomic E-state index is 6.14. The zero-order valence-corrected chi connectivity index (χ0v) is 71.6. The second kappa shape index (κ2) is 38.2. The first-order chi connectivity index (χ1) is 55.0. The van der Waals surface area contributed by atoms with Crippen LogP contribution in [0.1, 0.15) is 338 Å². The Morgan fingerprint density at radius 1 is 0.250 bits per heavy atom. The van der Waals surface area contributed by atoms with E-state index in [1.807, 2.05) is 0 Å². The second-order valence-corrected chi connectivity index (χ2v) is 35.8. The number of rotatable bonds is 45. The summed E-state index contributed by atoms with van der Waals surface area (Å²) in [4.78, 5) is 0. The summed E-state index contributed by atoms with van der Waals surface area (Å²) >= 11 is 2.74. The van der Waals surface area contributed by atoms with Gasteiger partial charge in [0.25, 0.3) is 0 Å². The normalized spacial score (nSPS) is 14.0. The molecule has 14 rings (SSSR count). The van der Waals surface area contributed by atoms with Crippen LogP contribution in [-0.2, 0) is 16.2 Å². The van der Waals surface area contributed by atoms with Crippen LogP contribution >= 0.6 is 23.5 Å². The molecule has 3 aliphatic rings. The van der Waals surface area contributed by atoms with E-state index in [0.717, 1.165) is 53.5 Å². The number of hydrogen-bond acceptors (Lipinski definition) is 7. The molecule has 0 N–H and O–H groups in total. The van der Waals surface area contributed by atoms with Gasteiger partial charge in [-0.3, -0.25) is 0 Å². The lowest BCUT2D eigenvalue weighted by Gasteiger charge is -2.33. The summed E-state index contributed by atoms with van der Waals surface area (Å²) < 4.78 is 27.3. The third-order valence-corrected chi connectivity index (χ3v) is 27.7. The van der Waals surface area contributed by atoms with E-state index in [2.05, 4.69) is 220 Å². The molecule has 2 heterocycles. The molecule has 9 aromatic carbocycles. The molecule has 5 nitrogen and oxygen atoms in total. The molecule has 3 aliphatic carbocycles. The van der Waals surface area contributed by atoms with E-state index < -0.39 is 0 Å². The molecular formula is C105H130N4OS2. The van der Waals surface area contributed by atoms with E-state index in [1.54, 1.807) is 11.1 Å². The summed E-state index contributed by atoms with van der Waals surface area (Å²) in [5.41, 5.74) is 35.0. The largest absolute Gasteiger partial charge is 0.491 e. The Bertz CT molecular complexity index is 4890. The SMILES string of the molecule is CCCCCCCCC1(CCCCCCCC)c2cc(C)ccc2-c2ccc(-c3ccc(-c4ccc5c(c4)C(CCCCCC)(CCCCCC)c4cc(-c6ccc(-c7ccc8c(c7)C(CCCCCCCC)(CCCCCCCC)c7cc(-c9ccc(OC(C)C)cc9)ccc7-8)c7nsnc67)ccc4-5)c4nsnc34)cc21. The van der Waals surface area contributed by atoms with Crippen LogP contribution in [0, 0.1) is 6.92 Å². The van der Waals surface area contributed by atoms with Gasteiger partial charge in [-0.15, -0.1) is 0 Å². The average Bonchev–Trinajstić information content (AvgIpc) is 1.56. The van der Waals surface area contributed by atoms with Crippen molar-refractivity contribution in [3.05, 3.63) is 197 Å². The number of benzene rings is 9. The first-order valence-electron chi connectivity index (χ1n) is 45.2. The van der Waals surface area contributed by atoms with Crippen molar-refractivity contribution in [2.75, 3.05) is 0 Å². The van der Waals surface area contributed by atoms with Crippen molar-refractivity contribution in [3.8, 4) is 94.8 Å². The topological polar surface area (TPSA) is 60.8 Å². The summed E-state index contributed by atoms with van der Waals surface area (Å²) in [6.07, 6.45) is 48.1. The summed E-state index contributed by atoms with van der Waals surface area (Å²) in [5.74, 6) is 0.925. The number of hydrogen-bond donors (Lipinski definition) is 0. The smallest absolute Gasteiger partial charge is 0.119 e. The van der Waals surface area contributed by atoms with Crippen LogP contribution < -0.4 is 4.74 Å². The predicted molar refractivity (Wildman–Crippen MR) is 484 cm³/mol. The van der Waals surface area contributed by atoms with Crippen molar-refractivity contribution in [1.82, 2.24) is 17.5 Å². The zero-order chi connectivity index (χ0) is 77.4. The summed E-state index contributed by atoms with van der Waals surface area (Å²) in [6, 6.07) is 63.3. The second-order valence-electron chi connectivity index (χ2n) is 34.7. The van der Waals surface area contributed by atoms with Gasteiger partial charge in [-0.2, -0.15) is 17.5 Å². The first-order valence-corrected chi connectivity index (χ1v) is 46.6. The molecule has 0 spiro atoms. The number of nitrogens with zero attached hydrogens (tertiary/aromatic N) is 4. The average molecular weight is 1530 g/mol. The van der Waals surface area contributed by atoms with Gasteiger partial charge in [0.05, 0.1) is 29.6 Å². The van der Waals surface area contributed by atoms with Gasteiger partial charge >= 0.3 is 0 Å². The molecular weight excluding hydrogens is 1400 g/mol. The minimum absolute atomic E-state index is 0.00419. The zero-order valence-electron chi connectivity index (χ0n) is 70.0. The number of fused-ring (bicyclic) bond motifs is 11. The van der Waals surface area contributed by atoms with Crippen molar-refractivity contribution >= 4 is 45.5 Å². The van der Waals surface area contributed by atoms with Crippen LogP contribution in [0.15, 0.2) is 158 Å². The molecule has 0 amide bonds. The Hall–Kier alpha value is -7.58. The molecule has 0 atom stereocenters. The molecule has 7 heteroatoms. The highest BCUT2D eigenvalue weighted by Crippen LogP contribution is 2.60. The molecule has 0 saturated heterocycles. The van der Waals surface area contributed by atoms with Gasteiger partial charge in [0.2, 0.25) is 0 Å². The minimum Gasteiger partial charge on any atom is -0.491 e. The van der Waals surface area contributed by atoms with Gasteiger partial charge in [-0.25, -0.2) is 0 Å². The van der Waals surface area contributed by atoms with Crippen LogP contribution in [0.5, 0.6) is 5.75 Å².